The second kappa shape index (κ2) is 18.2. The third-order valence-corrected chi connectivity index (χ3v) is 7.82. The summed E-state index contributed by atoms with van der Waals surface area (Å²) in [5, 5.41) is 10.6. The normalized spacial score (nSPS) is 20.2. The Balaban J connectivity index is 0.000000287. The molecular weight excluding hydrogens is 526 g/mol. The number of hydrogen-bond acceptors (Lipinski definition) is 6. The number of Topliss-reactive ketones (excluding diaryl/α,β-unsaturated/α-hetero) is 1. The summed E-state index contributed by atoms with van der Waals surface area (Å²) >= 11 is 0. The predicted molar refractivity (Wildman–Crippen MR) is 155 cm³/mol. The van der Waals surface area contributed by atoms with Crippen LogP contribution in [0.5, 0.6) is 0 Å². The van der Waals surface area contributed by atoms with E-state index in [4.69, 9.17) is 0 Å². The highest BCUT2D eigenvalue weighted by Crippen LogP contribution is 2.19. The van der Waals surface area contributed by atoms with E-state index in [9.17, 15) is 28.8 Å². The summed E-state index contributed by atoms with van der Waals surface area (Å²) in [6, 6.07) is -1.29. The van der Waals surface area contributed by atoms with Gasteiger partial charge in [-0.05, 0) is 56.9 Å². The smallest absolute Gasteiger partial charge is 0.289 e. The van der Waals surface area contributed by atoms with E-state index in [-0.39, 0.29) is 42.0 Å². The van der Waals surface area contributed by atoms with Crippen LogP contribution in [0.15, 0.2) is 12.2 Å². The Labute approximate surface area is 244 Å². The van der Waals surface area contributed by atoms with Crippen molar-refractivity contribution < 1.29 is 28.8 Å². The molecule has 3 aliphatic rings. The van der Waals surface area contributed by atoms with Crippen LogP contribution in [0.3, 0.4) is 0 Å². The third-order valence-electron chi connectivity index (χ3n) is 7.82. The van der Waals surface area contributed by atoms with Gasteiger partial charge < -0.3 is 26.2 Å². The van der Waals surface area contributed by atoms with E-state index in [0.717, 1.165) is 70.9 Å². The van der Waals surface area contributed by atoms with Gasteiger partial charge in [0, 0.05) is 31.6 Å². The summed E-state index contributed by atoms with van der Waals surface area (Å²) in [5.41, 5.74) is 0. The van der Waals surface area contributed by atoms with Crippen molar-refractivity contribution in [3.8, 4) is 0 Å². The van der Waals surface area contributed by atoms with Gasteiger partial charge in [-0.25, -0.2) is 0 Å². The topological polar surface area (TPSA) is 154 Å². The molecule has 3 atom stereocenters. The molecule has 0 spiro atoms. The van der Waals surface area contributed by atoms with Gasteiger partial charge in [0.1, 0.15) is 6.04 Å². The number of ketones is 1. The molecule has 1 aliphatic carbocycles. The van der Waals surface area contributed by atoms with E-state index in [1.165, 1.54) is 0 Å². The molecule has 3 unspecified atom stereocenters. The first-order valence-electron chi connectivity index (χ1n) is 15.3. The summed E-state index contributed by atoms with van der Waals surface area (Å²) < 4.78 is 0. The van der Waals surface area contributed by atoms with Gasteiger partial charge in [-0.3, -0.25) is 28.8 Å². The van der Waals surface area contributed by atoms with Crippen LogP contribution in [0, 0.1) is 11.8 Å². The van der Waals surface area contributed by atoms with Crippen molar-refractivity contribution in [1.82, 2.24) is 26.2 Å². The molecule has 1 saturated carbocycles. The average molecular weight is 576 g/mol. The van der Waals surface area contributed by atoms with Gasteiger partial charge in [-0.1, -0.05) is 52.5 Å². The number of carbonyl (C=O) groups is 6. The standard InChI is InChI=1S/C16H28N2O2.C14H21N3O4/c1-4-5-6-7-10-14(19)17-15(13(2)3)16(20)18-11-8-9-12-18;18-8-16-11(7-9-5-6-15-13(9)20)12(19)14(21)17-10-3-1-2-4-10/h7,10,13,15H,4-6,8-9,11-12H2,1-3H3,(H,17,19);8-11H,1-7H2,(H,15,20)(H,16,18)(H,17,21)/b10-7+;. The van der Waals surface area contributed by atoms with Gasteiger partial charge in [0.2, 0.25) is 29.9 Å². The predicted octanol–water partition coefficient (Wildman–Crippen LogP) is 1.75. The number of nitrogens with one attached hydrogen (secondary N) is 4. The minimum atomic E-state index is -0.933. The number of hydrogen-bond donors (Lipinski definition) is 4. The summed E-state index contributed by atoms with van der Waals surface area (Å²) in [4.78, 5) is 72.4. The fraction of sp³-hybridized carbons (Fsp3) is 0.733. The molecule has 2 saturated heterocycles. The van der Waals surface area contributed by atoms with Gasteiger partial charge in [-0.2, -0.15) is 0 Å². The molecule has 0 aromatic carbocycles. The average Bonchev–Trinajstić information content (AvgIpc) is 3.73. The van der Waals surface area contributed by atoms with Crippen LogP contribution in [0.1, 0.15) is 91.4 Å². The lowest BCUT2D eigenvalue weighted by molar-refractivity contribution is -0.140. The lowest BCUT2D eigenvalue weighted by Gasteiger charge is -2.26. The Morgan fingerprint density at radius 2 is 1.73 bits per heavy atom. The summed E-state index contributed by atoms with van der Waals surface area (Å²) in [6.07, 6.45) is 13.8. The lowest BCUT2D eigenvalue weighted by Crippen LogP contribution is -2.50. The number of likely N-dealkylation sites (tertiary alicyclic amines) is 1. The van der Waals surface area contributed by atoms with Gasteiger partial charge in [0.15, 0.2) is 0 Å². The molecule has 41 heavy (non-hydrogen) atoms. The molecule has 0 aromatic rings. The molecule has 3 fully saturated rings. The lowest BCUT2D eigenvalue weighted by atomic mass is 9.95. The maximum Gasteiger partial charge on any atom is 0.289 e. The number of unbranched alkanes of at least 4 members (excludes halogenated alkanes) is 2. The quantitative estimate of drug-likeness (QED) is 0.107. The number of rotatable bonds is 14. The van der Waals surface area contributed by atoms with E-state index in [1.807, 2.05) is 24.8 Å². The van der Waals surface area contributed by atoms with Crippen LogP contribution < -0.4 is 21.3 Å². The molecule has 0 bridgehead atoms. The fourth-order valence-corrected chi connectivity index (χ4v) is 5.33. The van der Waals surface area contributed by atoms with Crippen molar-refractivity contribution in [1.29, 1.82) is 0 Å². The van der Waals surface area contributed by atoms with Gasteiger partial charge in [0.05, 0.1) is 6.04 Å². The Kier molecular flexibility index (Phi) is 15.1. The van der Waals surface area contributed by atoms with E-state index in [1.54, 1.807) is 6.08 Å². The first-order chi connectivity index (χ1) is 19.7. The molecule has 230 valence electrons. The largest absolute Gasteiger partial charge is 0.356 e. The van der Waals surface area contributed by atoms with Crippen molar-refractivity contribution in [3.63, 3.8) is 0 Å². The van der Waals surface area contributed by atoms with Crippen molar-refractivity contribution in [2.45, 2.75) is 110 Å². The molecule has 11 nitrogen and oxygen atoms in total. The molecule has 11 heteroatoms. The van der Waals surface area contributed by atoms with E-state index in [0.29, 0.717) is 19.4 Å². The van der Waals surface area contributed by atoms with Crippen LogP contribution >= 0.6 is 0 Å². The van der Waals surface area contributed by atoms with Crippen LogP contribution in [-0.4, -0.2) is 78.5 Å². The van der Waals surface area contributed by atoms with Crippen LogP contribution in [0.2, 0.25) is 0 Å². The van der Waals surface area contributed by atoms with Crippen molar-refractivity contribution >= 4 is 35.8 Å². The van der Waals surface area contributed by atoms with E-state index < -0.39 is 23.8 Å². The van der Waals surface area contributed by atoms with Crippen molar-refractivity contribution in [2.24, 2.45) is 11.8 Å². The maximum absolute atomic E-state index is 12.4. The van der Waals surface area contributed by atoms with Crippen LogP contribution in [-0.2, 0) is 28.8 Å². The minimum Gasteiger partial charge on any atom is -0.356 e. The Morgan fingerprint density at radius 3 is 2.29 bits per heavy atom. The second-order valence-electron chi connectivity index (χ2n) is 11.5. The van der Waals surface area contributed by atoms with Crippen LogP contribution in [0.25, 0.3) is 0 Å². The van der Waals surface area contributed by atoms with Crippen molar-refractivity contribution in [2.75, 3.05) is 19.6 Å². The molecule has 5 amide bonds. The third kappa shape index (κ3) is 11.6. The van der Waals surface area contributed by atoms with Crippen LogP contribution in [0.4, 0.5) is 0 Å². The first-order valence-corrected chi connectivity index (χ1v) is 15.3. The maximum atomic E-state index is 12.4. The zero-order valence-corrected chi connectivity index (χ0v) is 24.9. The number of amides is 5. The monoisotopic (exact) mass is 575 g/mol. The second-order valence-corrected chi connectivity index (χ2v) is 11.5. The molecule has 0 aromatic heterocycles. The molecule has 0 radical (unpaired) electrons. The molecular formula is C30H49N5O6. The minimum absolute atomic E-state index is 0.0492. The Morgan fingerprint density at radius 1 is 1.05 bits per heavy atom. The Bertz CT molecular complexity index is 924. The first kappa shape index (κ1) is 34.0. The number of nitrogens with zero attached hydrogens (tertiary/aromatic N) is 1. The van der Waals surface area contributed by atoms with Gasteiger partial charge in [0.25, 0.3) is 5.91 Å². The number of carbonyl (C=O) groups excluding carboxylic acids is 6. The number of allylic oxidation sites excluding steroid dienone is 1. The summed E-state index contributed by atoms with van der Waals surface area (Å²) in [7, 11) is 0. The summed E-state index contributed by atoms with van der Waals surface area (Å²) in [6.45, 7) is 8.28. The Hall–Kier alpha value is -3.24. The fourth-order valence-electron chi connectivity index (χ4n) is 5.33. The molecule has 3 rings (SSSR count). The highest BCUT2D eigenvalue weighted by atomic mass is 16.2. The van der Waals surface area contributed by atoms with Gasteiger partial charge in [-0.15, -0.1) is 0 Å². The zero-order chi connectivity index (χ0) is 30.2. The summed E-state index contributed by atoms with van der Waals surface area (Å²) in [5.74, 6) is -1.79. The highest BCUT2D eigenvalue weighted by Gasteiger charge is 2.34. The molecule has 4 N–H and O–H groups in total. The molecule has 2 aliphatic heterocycles. The van der Waals surface area contributed by atoms with Gasteiger partial charge >= 0.3 is 0 Å². The SMILES string of the molecule is CCCC/C=C/C(=O)NC(C(=O)N1CCCC1)C(C)C.O=CNC(CC1CCNC1=O)C(=O)C(=O)NC1CCCC1. The van der Waals surface area contributed by atoms with Crippen molar-refractivity contribution in [3.05, 3.63) is 12.2 Å². The zero-order valence-electron chi connectivity index (χ0n) is 24.9. The van der Waals surface area contributed by atoms with E-state index >= 15 is 0 Å². The van der Waals surface area contributed by atoms with E-state index in [2.05, 4.69) is 28.2 Å². The molecule has 2 heterocycles. The highest BCUT2D eigenvalue weighted by molar-refractivity contribution is 6.38.